The molecule has 0 aliphatic rings. The van der Waals surface area contributed by atoms with Crippen LogP contribution in [-0.2, 0) is 29.7 Å². The molecule has 3 N–H and O–H groups in total. The SMILES string of the molecule is COc1ccc(CN(Cc2ccc(OC)cc2)S(=O)(=O)c2c(SCCO)ccc(-c3cccc4cnc(N)nc34)c2-c2nnnn2Cc2ccc(OC)cc2)cc1. The minimum absolute atomic E-state index is 0.0148. The number of nitrogens with two attached hydrogens (primary N) is 1. The van der Waals surface area contributed by atoms with Crippen molar-refractivity contribution in [2.45, 2.75) is 29.4 Å². The van der Waals surface area contributed by atoms with Crippen LogP contribution in [0.2, 0.25) is 0 Å². The van der Waals surface area contributed by atoms with Crippen molar-refractivity contribution in [2.75, 3.05) is 39.4 Å². The number of anilines is 1. The molecule has 14 nitrogen and oxygen atoms in total. The normalized spacial score (nSPS) is 11.6. The number of aromatic nitrogens is 6. The Morgan fingerprint density at radius 2 is 1.37 bits per heavy atom. The van der Waals surface area contributed by atoms with E-state index in [1.807, 2.05) is 72.8 Å². The number of methoxy groups -OCH3 is 3. The van der Waals surface area contributed by atoms with E-state index in [2.05, 4.69) is 25.5 Å². The molecule has 16 heteroatoms. The van der Waals surface area contributed by atoms with Crippen molar-refractivity contribution in [1.29, 1.82) is 0 Å². The molecule has 7 rings (SSSR count). The highest BCUT2D eigenvalue weighted by molar-refractivity contribution is 8.00. The van der Waals surface area contributed by atoms with Crippen LogP contribution >= 0.6 is 11.8 Å². The standard InChI is InChI=1S/C41H40N8O6S2/c1-53-31-13-7-27(8-14-31)24-48(25-28-9-15-32(54-2)16-10-28)57(51,52)39-36(56-22-21-50)20-19-34(35-6-4-5-30-23-43-41(42)44-38(30)35)37(39)40-45-46-47-49(40)26-29-11-17-33(55-3)18-12-29/h4-20,23,50H,21-22,24-26H2,1-3H3,(H2,42,43,44). The second-order valence-corrected chi connectivity index (χ2v) is 15.8. The van der Waals surface area contributed by atoms with Gasteiger partial charge in [0.05, 0.1) is 45.6 Å². The maximum atomic E-state index is 15.8. The molecule has 0 unspecified atom stereocenters. The highest BCUT2D eigenvalue weighted by atomic mass is 32.2. The predicted molar refractivity (Wildman–Crippen MR) is 219 cm³/mol. The van der Waals surface area contributed by atoms with Gasteiger partial charge in [-0.2, -0.15) is 4.31 Å². The number of aliphatic hydroxyl groups excluding tert-OH is 1. The first-order chi connectivity index (χ1) is 27.7. The summed E-state index contributed by atoms with van der Waals surface area (Å²) >= 11 is 1.22. The fourth-order valence-corrected chi connectivity index (χ4v) is 9.32. The second kappa shape index (κ2) is 17.4. The molecule has 292 valence electrons. The maximum absolute atomic E-state index is 15.8. The number of nitrogens with zero attached hydrogens (tertiary/aromatic N) is 7. The van der Waals surface area contributed by atoms with Crippen LogP contribution in [-0.4, -0.2) is 81.7 Å². The molecule has 57 heavy (non-hydrogen) atoms. The number of sulfonamides is 1. The van der Waals surface area contributed by atoms with Gasteiger partial charge in [0.2, 0.25) is 16.0 Å². The molecular weight excluding hydrogens is 765 g/mol. The Morgan fingerprint density at radius 1 is 0.772 bits per heavy atom. The lowest BCUT2D eigenvalue weighted by Crippen LogP contribution is -2.31. The Bertz CT molecular complexity index is 2540. The minimum Gasteiger partial charge on any atom is -0.497 e. The zero-order valence-electron chi connectivity index (χ0n) is 31.4. The molecule has 0 saturated carbocycles. The fraction of sp³-hybridized carbons (Fsp3) is 0.195. The quantitative estimate of drug-likeness (QED) is 0.107. The predicted octanol–water partition coefficient (Wildman–Crippen LogP) is 6.08. The molecule has 0 aliphatic heterocycles. The van der Waals surface area contributed by atoms with Crippen molar-refractivity contribution in [2.24, 2.45) is 0 Å². The molecule has 5 aromatic carbocycles. The van der Waals surface area contributed by atoms with Gasteiger partial charge in [0.25, 0.3) is 0 Å². The monoisotopic (exact) mass is 804 g/mol. The third-order valence-corrected chi connectivity index (χ3v) is 12.3. The van der Waals surface area contributed by atoms with Gasteiger partial charge in [0.15, 0.2) is 5.82 Å². The van der Waals surface area contributed by atoms with Crippen LogP contribution in [0.4, 0.5) is 5.95 Å². The molecule has 0 saturated heterocycles. The van der Waals surface area contributed by atoms with Crippen LogP contribution in [0.5, 0.6) is 17.2 Å². The molecule has 0 spiro atoms. The van der Waals surface area contributed by atoms with Crippen molar-refractivity contribution in [3.05, 3.63) is 126 Å². The van der Waals surface area contributed by atoms with Crippen molar-refractivity contribution in [3.8, 4) is 39.8 Å². The average molecular weight is 805 g/mol. The lowest BCUT2D eigenvalue weighted by atomic mass is 9.97. The van der Waals surface area contributed by atoms with Gasteiger partial charge in [-0.15, -0.1) is 16.9 Å². The van der Waals surface area contributed by atoms with E-state index >= 15 is 8.42 Å². The Hall–Kier alpha value is -6.07. The van der Waals surface area contributed by atoms with E-state index in [0.29, 0.717) is 44.2 Å². The third kappa shape index (κ3) is 8.53. The first kappa shape index (κ1) is 39.2. The highest BCUT2D eigenvalue weighted by Gasteiger charge is 2.35. The summed E-state index contributed by atoms with van der Waals surface area (Å²) in [5, 5.41) is 23.7. The molecule has 2 heterocycles. The number of tetrazole rings is 1. The fourth-order valence-electron chi connectivity index (χ4n) is 6.44. The van der Waals surface area contributed by atoms with E-state index in [4.69, 9.17) is 19.9 Å². The van der Waals surface area contributed by atoms with E-state index in [-0.39, 0.29) is 54.2 Å². The molecule has 0 aliphatic carbocycles. The maximum Gasteiger partial charge on any atom is 0.245 e. The number of rotatable bonds is 16. The Balaban J connectivity index is 1.50. The molecule has 7 aromatic rings. The molecule has 0 atom stereocenters. The molecule has 2 aromatic heterocycles. The van der Waals surface area contributed by atoms with Gasteiger partial charge in [-0.3, -0.25) is 0 Å². The number of benzene rings is 5. The van der Waals surface area contributed by atoms with Gasteiger partial charge in [-0.25, -0.2) is 23.1 Å². The van der Waals surface area contributed by atoms with Gasteiger partial charge in [-0.1, -0.05) is 60.7 Å². The number of fused-ring (bicyclic) bond motifs is 1. The Labute approximate surface area is 334 Å². The summed E-state index contributed by atoms with van der Waals surface area (Å²) in [6, 6.07) is 31.2. The largest absolute Gasteiger partial charge is 0.497 e. The van der Waals surface area contributed by atoms with E-state index in [9.17, 15) is 5.11 Å². The summed E-state index contributed by atoms with van der Waals surface area (Å²) in [5.41, 5.74) is 10.3. The first-order valence-electron chi connectivity index (χ1n) is 17.8. The van der Waals surface area contributed by atoms with E-state index in [1.165, 1.54) is 16.1 Å². The second-order valence-electron chi connectivity index (χ2n) is 12.8. The molecule has 0 bridgehead atoms. The van der Waals surface area contributed by atoms with Crippen molar-refractivity contribution in [3.63, 3.8) is 0 Å². The smallest absolute Gasteiger partial charge is 0.245 e. The van der Waals surface area contributed by atoms with Gasteiger partial charge >= 0.3 is 0 Å². The average Bonchev–Trinajstić information content (AvgIpc) is 3.70. The number of hydrogen-bond acceptors (Lipinski definition) is 13. The third-order valence-electron chi connectivity index (χ3n) is 9.27. The van der Waals surface area contributed by atoms with Crippen LogP contribution in [0.15, 0.2) is 119 Å². The van der Waals surface area contributed by atoms with Gasteiger partial charge < -0.3 is 25.1 Å². The number of ether oxygens (including phenoxy) is 3. The van der Waals surface area contributed by atoms with E-state index in [0.717, 1.165) is 16.7 Å². The van der Waals surface area contributed by atoms with Gasteiger partial charge in [0.1, 0.15) is 22.1 Å². The number of aliphatic hydroxyl groups is 1. The number of hydrogen-bond donors (Lipinski definition) is 2. The summed E-state index contributed by atoms with van der Waals surface area (Å²) in [4.78, 5) is 9.18. The van der Waals surface area contributed by atoms with Crippen LogP contribution in [0.25, 0.3) is 33.4 Å². The van der Waals surface area contributed by atoms with E-state index in [1.54, 1.807) is 62.5 Å². The molecule has 0 radical (unpaired) electrons. The Morgan fingerprint density at radius 3 is 1.95 bits per heavy atom. The van der Waals surface area contributed by atoms with Crippen LogP contribution in [0.1, 0.15) is 16.7 Å². The Kier molecular flexibility index (Phi) is 11.9. The van der Waals surface area contributed by atoms with E-state index < -0.39 is 10.0 Å². The summed E-state index contributed by atoms with van der Waals surface area (Å²) < 4.78 is 50.7. The van der Waals surface area contributed by atoms with Crippen molar-refractivity contribution >= 4 is 38.6 Å². The molecule has 0 fully saturated rings. The number of thioether (sulfide) groups is 1. The van der Waals surface area contributed by atoms with Crippen LogP contribution in [0, 0.1) is 0 Å². The van der Waals surface area contributed by atoms with Crippen molar-refractivity contribution in [1.82, 2.24) is 34.5 Å². The van der Waals surface area contributed by atoms with Gasteiger partial charge in [-0.05, 0) is 75.1 Å². The summed E-state index contributed by atoms with van der Waals surface area (Å²) in [7, 11) is 0.299. The molecule has 0 amide bonds. The highest BCUT2D eigenvalue weighted by Crippen LogP contribution is 2.44. The zero-order valence-corrected chi connectivity index (χ0v) is 33.1. The summed E-state index contributed by atoms with van der Waals surface area (Å²) in [6.07, 6.45) is 1.63. The first-order valence-corrected chi connectivity index (χ1v) is 20.2. The minimum atomic E-state index is -4.45. The topological polar surface area (TPSA) is 181 Å². The lowest BCUT2D eigenvalue weighted by molar-refractivity contribution is 0.322. The van der Waals surface area contributed by atoms with Crippen molar-refractivity contribution < 1.29 is 27.7 Å². The lowest BCUT2D eigenvalue weighted by Gasteiger charge is -2.27. The van der Waals surface area contributed by atoms with Crippen LogP contribution in [0.3, 0.4) is 0 Å². The molecular formula is C41H40N8O6S2. The number of para-hydroxylation sites is 1. The summed E-state index contributed by atoms with van der Waals surface area (Å²) in [5.74, 6) is 2.47. The van der Waals surface area contributed by atoms with Crippen LogP contribution < -0.4 is 19.9 Å². The summed E-state index contributed by atoms with van der Waals surface area (Å²) in [6.45, 7) is 0.0601. The van der Waals surface area contributed by atoms with Gasteiger partial charge in [0, 0.05) is 40.9 Å². The number of nitrogen functional groups attached to an aromatic ring is 1. The zero-order chi connectivity index (χ0) is 39.9.